The lowest BCUT2D eigenvalue weighted by Crippen LogP contribution is -2.39. The number of hydrogen-bond acceptors (Lipinski definition) is 5. The summed E-state index contributed by atoms with van der Waals surface area (Å²) in [6, 6.07) is 0. The van der Waals surface area contributed by atoms with E-state index in [0.717, 1.165) is 13.1 Å². The maximum Gasteiger partial charge on any atom is 0.259 e. The van der Waals surface area contributed by atoms with Gasteiger partial charge in [-0.3, -0.25) is 14.6 Å². The Labute approximate surface area is 114 Å². The minimum absolute atomic E-state index is 0.171. The maximum atomic E-state index is 11.5. The second-order valence-corrected chi connectivity index (χ2v) is 7.36. The van der Waals surface area contributed by atoms with Crippen LogP contribution in [-0.2, 0) is 9.36 Å². The van der Waals surface area contributed by atoms with E-state index in [1.54, 1.807) is 0 Å². The van der Waals surface area contributed by atoms with Gasteiger partial charge in [-0.1, -0.05) is 20.3 Å². The molecule has 3 atom stereocenters. The van der Waals surface area contributed by atoms with Crippen LogP contribution in [0.4, 0.5) is 0 Å². The number of amides is 1. The predicted molar refractivity (Wildman–Crippen MR) is 72.2 cm³/mol. The zero-order chi connectivity index (χ0) is 15.1. The fourth-order valence-corrected chi connectivity index (χ4v) is 1.71. The van der Waals surface area contributed by atoms with Crippen molar-refractivity contribution in [3.05, 3.63) is 0 Å². The van der Waals surface area contributed by atoms with Crippen molar-refractivity contribution in [2.75, 3.05) is 26.3 Å². The summed E-state index contributed by atoms with van der Waals surface area (Å²) in [4.78, 5) is 20.5. The number of hydroxylamine groups is 2. The molecule has 19 heavy (non-hydrogen) atoms. The van der Waals surface area contributed by atoms with E-state index in [2.05, 4.69) is 5.32 Å². The standard InChI is InChI=1S/C11H25N2O5P/c1-4-9(2)5-6-13(16)10(14)7-12-8-11(15)19(3,17)18/h9,11-12,15-16H,4-8H2,1-3H3,(H,17,18). The third-order valence-corrected chi connectivity index (χ3v) is 4.26. The molecule has 0 aromatic heterocycles. The summed E-state index contributed by atoms with van der Waals surface area (Å²) >= 11 is 0. The molecule has 4 N–H and O–H groups in total. The van der Waals surface area contributed by atoms with Gasteiger partial charge in [-0.2, -0.15) is 0 Å². The number of aliphatic hydroxyl groups excluding tert-OH is 1. The van der Waals surface area contributed by atoms with Gasteiger partial charge in [0, 0.05) is 19.8 Å². The molecule has 0 aliphatic carbocycles. The Kier molecular flexibility index (Phi) is 8.45. The smallest absolute Gasteiger partial charge is 0.259 e. The van der Waals surface area contributed by atoms with E-state index in [4.69, 9.17) is 4.89 Å². The third kappa shape index (κ3) is 8.34. The summed E-state index contributed by atoms with van der Waals surface area (Å²) in [5.41, 5.74) is 0. The minimum Gasteiger partial charge on any atom is -0.382 e. The first-order chi connectivity index (χ1) is 8.68. The quantitative estimate of drug-likeness (QED) is 0.279. The van der Waals surface area contributed by atoms with E-state index in [-0.39, 0.29) is 19.6 Å². The summed E-state index contributed by atoms with van der Waals surface area (Å²) in [5.74, 6) is -1.51. The van der Waals surface area contributed by atoms with Crippen molar-refractivity contribution in [2.24, 2.45) is 5.92 Å². The zero-order valence-corrected chi connectivity index (χ0v) is 12.6. The molecule has 0 saturated carbocycles. The molecule has 7 nitrogen and oxygen atoms in total. The lowest BCUT2D eigenvalue weighted by molar-refractivity contribution is -0.164. The summed E-state index contributed by atoms with van der Waals surface area (Å²) in [6.07, 6.45) is 1.69. The van der Waals surface area contributed by atoms with Crippen LogP contribution in [0.5, 0.6) is 0 Å². The summed E-state index contributed by atoms with van der Waals surface area (Å²) in [5, 5.41) is 21.9. The third-order valence-electron chi connectivity index (χ3n) is 2.97. The van der Waals surface area contributed by atoms with Crippen molar-refractivity contribution in [1.82, 2.24) is 10.4 Å². The van der Waals surface area contributed by atoms with E-state index in [1.165, 1.54) is 0 Å². The number of aliphatic hydroxyl groups is 1. The minimum atomic E-state index is -3.56. The molecule has 0 rings (SSSR count). The molecule has 0 aromatic carbocycles. The number of nitrogens with one attached hydrogen (secondary N) is 1. The van der Waals surface area contributed by atoms with Gasteiger partial charge >= 0.3 is 0 Å². The first-order valence-electron chi connectivity index (χ1n) is 6.36. The van der Waals surface area contributed by atoms with Crippen LogP contribution in [0.3, 0.4) is 0 Å². The highest BCUT2D eigenvalue weighted by atomic mass is 31.2. The first kappa shape index (κ1) is 18.5. The average Bonchev–Trinajstić information content (AvgIpc) is 2.33. The SMILES string of the molecule is CCC(C)CCN(O)C(=O)CNCC(O)P(C)(=O)O. The maximum absolute atomic E-state index is 11.5. The molecule has 0 spiro atoms. The van der Waals surface area contributed by atoms with Crippen molar-refractivity contribution < 1.29 is 24.6 Å². The molecule has 8 heteroatoms. The van der Waals surface area contributed by atoms with E-state index >= 15 is 0 Å². The van der Waals surface area contributed by atoms with Crippen molar-refractivity contribution in [1.29, 1.82) is 0 Å². The number of carbonyl (C=O) groups excluding carboxylic acids is 1. The van der Waals surface area contributed by atoms with Gasteiger partial charge in [0.1, 0.15) is 5.85 Å². The molecular formula is C11H25N2O5P. The van der Waals surface area contributed by atoms with Gasteiger partial charge in [0.15, 0.2) is 0 Å². The normalized spacial score (nSPS) is 17.6. The molecule has 0 bridgehead atoms. The predicted octanol–water partition coefficient (Wildman–Crippen LogP) is 0.449. The van der Waals surface area contributed by atoms with Crippen molar-refractivity contribution in [3.63, 3.8) is 0 Å². The topological polar surface area (TPSA) is 110 Å². The van der Waals surface area contributed by atoms with Crippen LogP contribution >= 0.6 is 7.37 Å². The van der Waals surface area contributed by atoms with Gasteiger partial charge in [0.05, 0.1) is 6.54 Å². The molecule has 0 saturated heterocycles. The van der Waals surface area contributed by atoms with Crippen LogP contribution < -0.4 is 5.32 Å². The lowest BCUT2D eigenvalue weighted by Gasteiger charge is -2.18. The van der Waals surface area contributed by atoms with Gasteiger partial charge in [-0.15, -0.1) is 0 Å². The summed E-state index contributed by atoms with van der Waals surface area (Å²) in [6.45, 7) is 5.02. The molecule has 114 valence electrons. The van der Waals surface area contributed by atoms with Crippen LogP contribution in [-0.4, -0.2) is 58.3 Å². The van der Waals surface area contributed by atoms with Crippen molar-refractivity contribution in [3.8, 4) is 0 Å². The largest absolute Gasteiger partial charge is 0.382 e. The molecule has 0 aliphatic rings. The van der Waals surface area contributed by atoms with Gasteiger partial charge in [-0.25, -0.2) is 5.06 Å². The van der Waals surface area contributed by atoms with Gasteiger partial charge in [0.25, 0.3) is 5.91 Å². The van der Waals surface area contributed by atoms with Crippen molar-refractivity contribution >= 4 is 13.3 Å². The highest BCUT2D eigenvalue weighted by Gasteiger charge is 2.22. The van der Waals surface area contributed by atoms with Gasteiger partial charge in [-0.05, 0) is 12.3 Å². The van der Waals surface area contributed by atoms with Crippen LogP contribution in [0, 0.1) is 5.92 Å². The second kappa shape index (κ2) is 8.66. The summed E-state index contributed by atoms with van der Waals surface area (Å²) < 4.78 is 11.1. The molecule has 0 aliphatic heterocycles. The molecule has 1 amide bonds. The number of carbonyl (C=O) groups is 1. The van der Waals surface area contributed by atoms with Gasteiger partial charge in [0.2, 0.25) is 7.37 Å². The monoisotopic (exact) mass is 296 g/mol. The van der Waals surface area contributed by atoms with E-state index in [0.29, 0.717) is 17.4 Å². The van der Waals surface area contributed by atoms with Crippen LogP contribution in [0.1, 0.15) is 26.7 Å². The molecule has 0 fully saturated rings. The van der Waals surface area contributed by atoms with Crippen LogP contribution in [0.2, 0.25) is 0 Å². The van der Waals surface area contributed by atoms with Crippen molar-refractivity contribution in [2.45, 2.75) is 32.5 Å². The molecule has 0 heterocycles. The Morgan fingerprint density at radius 3 is 2.53 bits per heavy atom. The molecule has 0 radical (unpaired) electrons. The van der Waals surface area contributed by atoms with E-state index in [1.807, 2.05) is 13.8 Å². The number of rotatable bonds is 9. The molecular weight excluding hydrogens is 271 g/mol. The Morgan fingerprint density at radius 2 is 2.05 bits per heavy atom. The first-order valence-corrected chi connectivity index (χ1v) is 8.54. The van der Waals surface area contributed by atoms with E-state index < -0.39 is 19.1 Å². The van der Waals surface area contributed by atoms with Crippen LogP contribution in [0.15, 0.2) is 0 Å². The fraction of sp³-hybridized carbons (Fsp3) is 0.909. The Bertz CT molecular complexity index is 320. The van der Waals surface area contributed by atoms with Gasteiger partial charge < -0.3 is 15.3 Å². The summed E-state index contributed by atoms with van der Waals surface area (Å²) in [7, 11) is -3.56. The Hall–Kier alpha value is -0.460. The molecule has 3 unspecified atom stereocenters. The van der Waals surface area contributed by atoms with Crippen LogP contribution in [0.25, 0.3) is 0 Å². The lowest BCUT2D eigenvalue weighted by atomic mass is 10.1. The fourth-order valence-electron chi connectivity index (χ4n) is 1.24. The zero-order valence-electron chi connectivity index (χ0n) is 11.7. The van der Waals surface area contributed by atoms with E-state index in [9.17, 15) is 19.7 Å². The average molecular weight is 296 g/mol. The number of nitrogens with zero attached hydrogens (tertiary/aromatic N) is 1. The highest BCUT2D eigenvalue weighted by Crippen LogP contribution is 2.39. The second-order valence-electron chi connectivity index (χ2n) is 4.87. The highest BCUT2D eigenvalue weighted by molar-refractivity contribution is 7.57. The number of hydrogen-bond donors (Lipinski definition) is 4. The Balaban J connectivity index is 3.89. The Morgan fingerprint density at radius 1 is 1.47 bits per heavy atom. The molecule has 0 aromatic rings.